The molecule has 1 aliphatic carbocycles. The number of carbonyl (C=O) groups is 1. The van der Waals surface area contributed by atoms with Crippen LogP contribution in [-0.4, -0.2) is 43.4 Å². The van der Waals surface area contributed by atoms with Gasteiger partial charge in [-0.1, -0.05) is 0 Å². The van der Waals surface area contributed by atoms with Crippen LogP contribution in [0.4, 0.5) is 13.2 Å². The predicted octanol–water partition coefficient (Wildman–Crippen LogP) is 0.863. The Kier molecular flexibility index (Phi) is 4.03. The average Bonchev–Trinajstić information content (AvgIpc) is 2.95. The first kappa shape index (κ1) is 14.2. The summed E-state index contributed by atoms with van der Waals surface area (Å²) in [7, 11) is -5.46. The number of halogens is 3. The number of nitrogens with zero attached hydrogens (tertiary/aromatic N) is 1. The van der Waals surface area contributed by atoms with E-state index in [1.165, 1.54) is 6.92 Å². The molecule has 9 heteroatoms. The number of ether oxygens (including phenoxy) is 1. The molecule has 0 aromatic heterocycles. The highest BCUT2D eigenvalue weighted by Gasteiger charge is 2.54. The SMILES string of the molecule is CCOC(=O)CN(C1CC1)S(=O)(=O)C(F)(F)F. The molecule has 1 saturated carbocycles. The fourth-order valence-corrected chi connectivity index (χ4v) is 2.38. The highest BCUT2D eigenvalue weighted by Crippen LogP contribution is 2.35. The van der Waals surface area contributed by atoms with Gasteiger partial charge in [-0.2, -0.15) is 17.5 Å². The summed E-state index contributed by atoms with van der Waals surface area (Å²) >= 11 is 0. The summed E-state index contributed by atoms with van der Waals surface area (Å²) < 4.78 is 63.9. The lowest BCUT2D eigenvalue weighted by Gasteiger charge is -2.21. The van der Waals surface area contributed by atoms with E-state index in [2.05, 4.69) is 4.74 Å². The van der Waals surface area contributed by atoms with Crippen molar-refractivity contribution >= 4 is 16.0 Å². The van der Waals surface area contributed by atoms with Crippen LogP contribution in [0.1, 0.15) is 19.8 Å². The fraction of sp³-hybridized carbons (Fsp3) is 0.875. The Bertz CT molecular complexity index is 388. The molecule has 1 rings (SSSR count). The quantitative estimate of drug-likeness (QED) is 0.698. The van der Waals surface area contributed by atoms with E-state index in [0.717, 1.165) is 0 Å². The zero-order chi connectivity index (χ0) is 13.3. The van der Waals surface area contributed by atoms with Crippen molar-refractivity contribution in [3.05, 3.63) is 0 Å². The molecule has 0 aliphatic heterocycles. The van der Waals surface area contributed by atoms with E-state index in [1.54, 1.807) is 0 Å². The molecule has 0 atom stereocenters. The molecule has 1 aliphatic rings. The van der Waals surface area contributed by atoms with Crippen molar-refractivity contribution < 1.29 is 31.1 Å². The molecular weight excluding hydrogens is 263 g/mol. The second-order valence-corrected chi connectivity index (χ2v) is 5.41. The molecular formula is C8H12F3NO4S. The van der Waals surface area contributed by atoms with E-state index in [0.29, 0.717) is 12.8 Å². The third-order valence-corrected chi connectivity index (χ3v) is 3.78. The average molecular weight is 275 g/mol. The second kappa shape index (κ2) is 4.81. The molecule has 0 heterocycles. The summed E-state index contributed by atoms with van der Waals surface area (Å²) in [4.78, 5) is 11.1. The van der Waals surface area contributed by atoms with Crippen LogP contribution in [0.15, 0.2) is 0 Å². The molecule has 1 fully saturated rings. The van der Waals surface area contributed by atoms with Crippen molar-refractivity contribution in [1.82, 2.24) is 4.31 Å². The van der Waals surface area contributed by atoms with Crippen molar-refractivity contribution in [2.75, 3.05) is 13.2 Å². The molecule has 0 unspecified atom stereocenters. The van der Waals surface area contributed by atoms with Crippen LogP contribution < -0.4 is 0 Å². The zero-order valence-electron chi connectivity index (χ0n) is 9.03. The first-order chi connectivity index (χ1) is 7.70. The Morgan fingerprint density at radius 2 is 1.94 bits per heavy atom. The van der Waals surface area contributed by atoms with Crippen molar-refractivity contribution in [1.29, 1.82) is 0 Å². The van der Waals surface area contributed by atoms with Crippen LogP contribution in [0, 0.1) is 0 Å². The van der Waals surface area contributed by atoms with Crippen molar-refractivity contribution in [2.24, 2.45) is 0 Å². The van der Waals surface area contributed by atoms with Crippen molar-refractivity contribution in [3.8, 4) is 0 Å². The Morgan fingerprint density at radius 1 is 1.41 bits per heavy atom. The molecule has 5 nitrogen and oxygen atoms in total. The maximum Gasteiger partial charge on any atom is 0.511 e. The smallest absolute Gasteiger partial charge is 0.465 e. The Morgan fingerprint density at radius 3 is 2.29 bits per heavy atom. The summed E-state index contributed by atoms with van der Waals surface area (Å²) in [6.07, 6.45) is 0.656. The Balaban J connectivity index is 2.84. The molecule has 0 saturated heterocycles. The van der Waals surface area contributed by atoms with Gasteiger partial charge in [-0.25, -0.2) is 8.42 Å². The van der Waals surface area contributed by atoms with Crippen molar-refractivity contribution in [3.63, 3.8) is 0 Å². The molecule has 0 spiro atoms. The maximum absolute atomic E-state index is 12.3. The first-order valence-electron chi connectivity index (χ1n) is 4.94. The molecule has 0 aromatic rings. The predicted molar refractivity (Wildman–Crippen MR) is 51.3 cm³/mol. The number of rotatable bonds is 5. The molecule has 0 aromatic carbocycles. The highest BCUT2D eigenvalue weighted by atomic mass is 32.2. The van der Waals surface area contributed by atoms with Crippen LogP contribution in [0.2, 0.25) is 0 Å². The number of carbonyl (C=O) groups excluding carboxylic acids is 1. The van der Waals surface area contributed by atoms with Gasteiger partial charge >= 0.3 is 21.5 Å². The summed E-state index contributed by atoms with van der Waals surface area (Å²) in [5.41, 5.74) is -5.39. The maximum atomic E-state index is 12.3. The number of sulfonamides is 1. The van der Waals surface area contributed by atoms with Gasteiger partial charge in [0.2, 0.25) is 0 Å². The normalized spacial score (nSPS) is 17.2. The number of hydrogen-bond donors (Lipinski definition) is 0. The van der Waals surface area contributed by atoms with E-state index in [1.807, 2.05) is 0 Å². The summed E-state index contributed by atoms with van der Waals surface area (Å²) in [5, 5.41) is 0. The summed E-state index contributed by atoms with van der Waals surface area (Å²) in [6.45, 7) is 0.585. The van der Waals surface area contributed by atoms with E-state index in [-0.39, 0.29) is 10.9 Å². The molecule has 0 N–H and O–H groups in total. The molecule has 0 radical (unpaired) electrons. The Labute approximate surface area is 96.6 Å². The minimum absolute atomic E-state index is 0.0105. The van der Waals surface area contributed by atoms with Gasteiger partial charge in [0.15, 0.2) is 0 Å². The Hall–Kier alpha value is -0.830. The van der Waals surface area contributed by atoms with Crippen molar-refractivity contribution in [2.45, 2.75) is 31.3 Å². The minimum atomic E-state index is -5.46. The highest BCUT2D eigenvalue weighted by molar-refractivity contribution is 7.90. The van der Waals surface area contributed by atoms with Crippen LogP contribution in [0.5, 0.6) is 0 Å². The third kappa shape index (κ3) is 3.32. The largest absolute Gasteiger partial charge is 0.511 e. The lowest BCUT2D eigenvalue weighted by atomic mass is 10.6. The monoisotopic (exact) mass is 275 g/mol. The fourth-order valence-electron chi connectivity index (χ4n) is 1.24. The van der Waals surface area contributed by atoms with Crippen LogP contribution in [0.3, 0.4) is 0 Å². The van der Waals surface area contributed by atoms with E-state index < -0.39 is 34.1 Å². The summed E-state index contributed by atoms with van der Waals surface area (Å²) in [6, 6.07) is -0.744. The number of hydrogen-bond acceptors (Lipinski definition) is 4. The van der Waals surface area contributed by atoms with Gasteiger partial charge in [-0.3, -0.25) is 4.79 Å². The van der Waals surface area contributed by atoms with E-state index in [4.69, 9.17) is 0 Å². The van der Waals surface area contributed by atoms with Gasteiger partial charge in [0.05, 0.1) is 6.61 Å². The lowest BCUT2D eigenvalue weighted by Crippen LogP contribution is -2.45. The number of esters is 1. The molecule has 100 valence electrons. The van der Waals surface area contributed by atoms with Crippen LogP contribution >= 0.6 is 0 Å². The van der Waals surface area contributed by atoms with Gasteiger partial charge in [-0.05, 0) is 19.8 Å². The van der Waals surface area contributed by atoms with E-state index in [9.17, 15) is 26.4 Å². The van der Waals surface area contributed by atoms with E-state index >= 15 is 0 Å². The molecule has 0 amide bonds. The van der Waals surface area contributed by atoms with Gasteiger partial charge in [0.25, 0.3) is 0 Å². The first-order valence-corrected chi connectivity index (χ1v) is 6.38. The van der Waals surface area contributed by atoms with Gasteiger partial charge in [-0.15, -0.1) is 0 Å². The second-order valence-electron chi connectivity index (χ2n) is 3.53. The van der Waals surface area contributed by atoms with Crippen LogP contribution in [-0.2, 0) is 19.6 Å². The summed E-state index contributed by atoms with van der Waals surface area (Å²) in [5.74, 6) is -0.979. The lowest BCUT2D eigenvalue weighted by molar-refractivity contribution is -0.143. The van der Waals surface area contributed by atoms with Gasteiger partial charge in [0, 0.05) is 6.04 Å². The zero-order valence-corrected chi connectivity index (χ0v) is 9.84. The minimum Gasteiger partial charge on any atom is -0.465 e. The molecule has 17 heavy (non-hydrogen) atoms. The number of alkyl halides is 3. The topological polar surface area (TPSA) is 63.7 Å². The van der Waals surface area contributed by atoms with Crippen LogP contribution in [0.25, 0.3) is 0 Å². The molecule has 0 bridgehead atoms. The third-order valence-electron chi connectivity index (χ3n) is 2.15. The van der Waals surface area contributed by atoms with Gasteiger partial charge in [0.1, 0.15) is 6.54 Å². The van der Waals surface area contributed by atoms with Gasteiger partial charge < -0.3 is 4.74 Å². The standard InChI is InChI=1S/C8H12F3NO4S/c1-2-16-7(13)5-12(6-3-4-6)17(14,15)8(9,10)11/h6H,2-5H2,1H3.